The fourth-order valence-electron chi connectivity index (χ4n) is 2.27. The van der Waals surface area contributed by atoms with E-state index in [0.29, 0.717) is 18.7 Å². The third-order valence-electron chi connectivity index (χ3n) is 3.44. The third-order valence-corrected chi connectivity index (χ3v) is 3.44. The van der Waals surface area contributed by atoms with E-state index in [9.17, 15) is 4.79 Å². The monoisotopic (exact) mass is 271 g/mol. The molecule has 0 atom stereocenters. The van der Waals surface area contributed by atoms with Gasteiger partial charge in [0, 0.05) is 30.7 Å². The summed E-state index contributed by atoms with van der Waals surface area (Å²) in [5.74, 6) is 0.00475. The van der Waals surface area contributed by atoms with Gasteiger partial charge in [-0.25, -0.2) is 0 Å². The van der Waals surface area contributed by atoms with E-state index in [-0.39, 0.29) is 11.3 Å². The molecule has 0 aliphatic heterocycles. The molecule has 1 aromatic heterocycles. The van der Waals surface area contributed by atoms with Crippen LogP contribution in [0.3, 0.4) is 0 Å². The molecule has 0 spiro atoms. The summed E-state index contributed by atoms with van der Waals surface area (Å²) in [6.07, 6.45) is 1.73. The van der Waals surface area contributed by atoms with Gasteiger partial charge in [-0.05, 0) is 30.2 Å². The zero-order valence-corrected chi connectivity index (χ0v) is 12.3. The predicted molar refractivity (Wildman–Crippen MR) is 81.5 cm³/mol. The van der Waals surface area contributed by atoms with E-state index in [2.05, 4.69) is 18.8 Å². The molecule has 1 heterocycles. The van der Waals surface area contributed by atoms with Crippen molar-refractivity contribution in [3.05, 3.63) is 42.1 Å². The van der Waals surface area contributed by atoms with Crippen LogP contribution in [0.5, 0.6) is 0 Å². The van der Waals surface area contributed by atoms with Gasteiger partial charge in [0.25, 0.3) is 5.91 Å². The number of fused-ring (bicyclic) bond motifs is 1. The quantitative estimate of drug-likeness (QED) is 0.928. The molecule has 0 saturated carbocycles. The van der Waals surface area contributed by atoms with E-state index in [4.69, 9.17) is 5.73 Å². The summed E-state index contributed by atoms with van der Waals surface area (Å²) in [7, 11) is 1.81. The molecular weight excluding hydrogens is 250 g/mol. The van der Waals surface area contributed by atoms with Gasteiger partial charge in [0.1, 0.15) is 0 Å². The van der Waals surface area contributed by atoms with Crippen LogP contribution in [-0.4, -0.2) is 35.9 Å². The average Bonchev–Trinajstić information content (AvgIpc) is 2.45. The van der Waals surface area contributed by atoms with Crippen LogP contribution in [0, 0.1) is 5.41 Å². The van der Waals surface area contributed by atoms with Gasteiger partial charge in [0.05, 0.1) is 5.52 Å². The number of hydrogen-bond acceptors (Lipinski definition) is 3. The first-order valence-corrected chi connectivity index (χ1v) is 6.74. The van der Waals surface area contributed by atoms with Gasteiger partial charge in [0.2, 0.25) is 0 Å². The van der Waals surface area contributed by atoms with Crippen molar-refractivity contribution >= 4 is 16.8 Å². The van der Waals surface area contributed by atoms with E-state index < -0.39 is 0 Å². The fourth-order valence-corrected chi connectivity index (χ4v) is 2.27. The molecule has 106 valence electrons. The van der Waals surface area contributed by atoms with Crippen LogP contribution in [-0.2, 0) is 0 Å². The zero-order valence-electron chi connectivity index (χ0n) is 12.3. The molecule has 0 radical (unpaired) electrons. The van der Waals surface area contributed by atoms with Crippen molar-refractivity contribution < 1.29 is 4.79 Å². The summed E-state index contributed by atoms with van der Waals surface area (Å²) in [6, 6.07) is 9.40. The largest absolute Gasteiger partial charge is 0.341 e. The maximum Gasteiger partial charge on any atom is 0.254 e. The lowest BCUT2D eigenvalue weighted by Crippen LogP contribution is -2.39. The number of amides is 1. The molecule has 0 aliphatic rings. The molecule has 0 saturated heterocycles. The molecule has 0 aliphatic carbocycles. The summed E-state index contributed by atoms with van der Waals surface area (Å²) in [5, 5.41) is 0.886. The Morgan fingerprint density at radius 2 is 2.05 bits per heavy atom. The third kappa shape index (κ3) is 2.96. The van der Waals surface area contributed by atoms with Crippen molar-refractivity contribution in [3.8, 4) is 0 Å². The minimum atomic E-state index is -0.0900. The summed E-state index contributed by atoms with van der Waals surface area (Å²) in [5.41, 5.74) is 7.17. The van der Waals surface area contributed by atoms with Gasteiger partial charge in [-0.1, -0.05) is 26.0 Å². The molecule has 0 fully saturated rings. The lowest BCUT2D eigenvalue weighted by molar-refractivity contribution is 0.0742. The lowest BCUT2D eigenvalue weighted by Gasteiger charge is -2.29. The molecule has 20 heavy (non-hydrogen) atoms. The van der Waals surface area contributed by atoms with Gasteiger partial charge in [-0.2, -0.15) is 0 Å². The van der Waals surface area contributed by atoms with Crippen molar-refractivity contribution in [2.24, 2.45) is 11.1 Å². The highest BCUT2D eigenvalue weighted by Gasteiger charge is 2.22. The number of hydrogen-bond donors (Lipinski definition) is 1. The van der Waals surface area contributed by atoms with Gasteiger partial charge in [0.15, 0.2) is 0 Å². The minimum absolute atomic E-state index is 0.00475. The predicted octanol–water partition coefficient (Wildman–Crippen LogP) is 2.29. The maximum atomic E-state index is 12.6. The van der Waals surface area contributed by atoms with Crippen molar-refractivity contribution in [2.45, 2.75) is 13.8 Å². The summed E-state index contributed by atoms with van der Waals surface area (Å²) in [6.45, 7) is 5.28. The second-order valence-electron chi connectivity index (χ2n) is 5.91. The summed E-state index contributed by atoms with van der Waals surface area (Å²) in [4.78, 5) is 18.6. The first kappa shape index (κ1) is 14.5. The van der Waals surface area contributed by atoms with Gasteiger partial charge in [-0.3, -0.25) is 9.78 Å². The molecule has 0 bridgehead atoms. The summed E-state index contributed by atoms with van der Waals surface area (Å²) < 4.78 is 0. The smallest absolute Gasteiger partial charge is 0.254 e. The molecule has 4 heteroatoms. The topological polar surface area (TPSA) is 59.2 Å². The normalized spacial score (nSPS) is 11.6. The van der Waals surface area contributed by atoms with Crippen LogP contribution in [0.2, 0.25) is 0 Å². The molecular formula is C16H21N3O. The van der Waals surface area contributed by atoms with Crippen molar-refractivity contribution in [2.75, 3.05) is 20.1 Å². The van der Waals surface area contributed by atoms with Crippen LogP contribution in [0.15, 0.2) is 36.5 Å². The summed E-state index contributed by atoms with van der Waals surface area (Å²) >= 11 is 0. The Hall–Kier alpha value is -1.94. The number of rotatable bonds is 4. The first-order valence-electron chi connectivity index (χ1n) is 6.74. The Labute approximate surface area is 119 Å². The molecule has 4 nitrogen and oxygen atoms in total. The molecule has 2 aromatic rings. The number of carbonyl (C=O) groups excluding carboxylic acids is 1. The second kappa shape index (κ2) is 5.59. The number of benzene rings is 1. The van der Waals surface area contributed by atoms with Crippen LogP contribution < -0.4 is 5.73 Å². The highest BCUT2D eigenvalue weighted by molar-refractivity contribution is 6.06. The van der Waals surface area contributed by atoms with Crippen molar-refractivity contribution in [3.63, 3.8) is 0 Å². The van der Waals surface area contributed by atoms with E-state index in [1.54, 1.807) is 11.1 Å². The van der Waals surface area contributed by atoms with Crippen LogP contribution in [0.4, 0.5) is 0 Å². The first-order chi connectivity index (χ1) is 9.44. The molecule has 1 aromatic carbocycles. The Bertz CT molecular complexity index is 617. The maximum absolute atomic E-state index is 12.6. The van der Waals surface area contributed by atoms with Gasteiger partial charge in [-0.15, -0.1) is 0 Å². The van der Waals surface area contributed by atoms with E-state index in [1.807, 2.05) is 37.4 Å². The second-order valence-corrected chi connectivity index (χ2v) is 5.91. The SMILES string of the molecule is CN(CC(C)(C)CN)C(=O)c1cccc2ncccc12. The molecule has 2 rings (SSSR count). The van der Waals surface area contributed by atoms with Gasteiger partial charge < -0.3 is 10.6 Å². The van der Waals surface area contributed by atoms with E-state index in [1.165, 1.54) is 0 Å². The Morgan fingerprint density at radius 3 is 2.75 bits per heavy atom. The number of aromatic nitrogens is 1. The standard InChI is InChI=1S/C16H21N3O/c1-16(2,10-17)11-19(3)15(20)13-6-4-8-14-12(13)7-5-9-18-14/h4-9H,10-11,17H2,1-3H3. The van der Waals surface area contributed by atoms with E-state index >= 15 is 0 Å². The number of nitrogens with two attached hydrogens (primary N) is 1. The van der Waals surface area contributed by atoms with Crippen LogP contribution >= 0.6 is 0 Å². The molecule has 1 amide bonds. The van der Waals surface area contributed by atoms with Gasteiger partial charge >= 0.3 is 0 Å². The Kier molecular flexibility index (Phi) is 4.04. The van der Waals surface area contributed by atoms with Crippen molar-refractivity contribution in [1.82, 2.24) is 9.88 Å². The molecule has 0 unspecified atom stereocenters. The number of pyridine rings is 1. The Morgan fingerprint density at radius 1 is 1.30 bits per heavy atom. The molecule has 2 N–H and O–H groups in total. The lowest BCUT2D eigenvalue weighted by atomic mass is 9.93. The van der Waals surface area contributed by atoms with Crippen molar-refractivity contribution in [1.29, 1.82) is 0 Å². The Balaban J connectivity index is 2.32. The number of nitrogens with zero attached hydrogens (tertiary/aromatic N) is 2. The zero-order chi connectivity index (χ0) is 14.8. The highest BCUT2D eigenvalue weighted by Crippen LogP contribution is 2.20. The fraction of sp³-hybridized carbons (Fsp3) is 0.375. The van der Waals surface area contributed by atoms with Crippen LogP contribution in [0.1, 0.15) is 24.2 Å². The number of carbonyl (C=O) groups is 1. The van der Waals surface area contributed by atoms with E-state index in [0.717, 1.165) is 10.9 Å². The minimum Gasteiger partial charge on any atom is -0.341 e. The highest BCUT2D eigenvalue weighted by atomic mass is 16.2. The van der Waals surface area contributed by atoms with Crippen LogP contribution in [0.25, 0.3) is 10.9 Å². The average molecular weight is 271 g/mol.